The average Bonchev–Trinajstić information content (AvgIpc) is 2.09. The fourth-order valence-corrected chi connectivity index (χ4v) is 1.21. The number of hydrogen-bond donors (Lipinski definition) is 0. The third kappa shape index (κ3) is 1.94. The van der Waals surface area contributed by atoms with Crippen molar-refractivity contribution >= 4 is 0 Å². The summed E-state index contributed by atoms with van der Waals surface area (Å²) in [5.41, 5.74) is 2.66. The van der Waals surface area contributed by atoms with Crippen LogP contribution in [0, 0.1) is 6.92 Å². The van der Waals surface area contributed by atoms with Crippen LogP contribution in [-0.2, 0) is 13.0 Å². The van der Waals surface area contributed by atoms with Gasteiger partial charge in [0.15, 0.2) is 18.4 Å². The second-order valence-corrected chi connectivity index (χ2v) is 2.97. The molecule has 0 amide bonds. The summed E-state index contributed by atoms with van der Waals surface area (Å²) in [4.78, 5) is 0. The van der Waals surface area contributed by atoms with E-state index in [1.54, 1.807) is 0 Å². The zero-order chi connectivity index (χ0) is 8.97. The summed E-state index contributed by atoms with van der Waals surface area (Å²) >= 11 is 0. The molecule has 1 aromatic rings. The number of hydrogen-bond acceptors (Lipinski definition) is 0. The molecule has 1 aromatic heterocycles. The number of allylic oxidation sites excluding steroid dienone is 1. The van der Waals surface area contributed by atoms with Gasteiger partial charge >= 0.3 is 0 Å². The van der Waals surface area contributed by atoms with E-state index >= 15 is 0 Å². The highest BCUT2D eigenvalue weighted by molar-refractivity contribution is 5.08. The summed E-state index contributed by atoms with van der Waals surface area (Å²) in [6, 6.07) is 4.33. The minimum absolute atomic E-state index is 0.902. The van der Waals surface area contributed by atoms with Gasteiger partial charge in [-0.3, -0.25) is 0 Å². The molecular formula is C11H16N+. The summed E-state index contributed by atoms with van der Waals surface area (Å²) in [6.07, 6.45) is 5.21. The number of aromatic nitrogens is 1. The van der Waals surface area contributed by atoms with Crippen LogP contribution in [0.1, 0.15) is 18.2 Å². The molecule has 1 heteroatoms. The van der Waals surface area contributed by atoms with E-state index in [0.29, 0.717) is 0 Å². The molecule has 0 saturated carbocycles. The van der Waals surface area contributed by atoms with Crippen LogP contribution in [0.25, 0.3) is 0 Å². The summed E-state index contributed by atoms with van der Waals surface area (Å²) in [6.45, 7) is 8.92. The van der Waals surface area contributed by atoms with Gasteiger partial charge in [-0.2, -0.15) is 4.57 Å². The number of rotatable bonds is 3. The van der Waals surface area contributed by atoms with E-state index < -0.39 is 0 Å². The number of pyridine rings is 1. The van der Waals surface area contributed by atoms with Gasteiger partial charge in [-0.05, 0) is 18.6 Å². The van der Waals surface area contributed by atoms with E-state index in [0.717, 1.165) is 13.0 Å². The fraction of sp³-hybridized carbons (Fsp3) is 0.364. The van der Waals surface area contributed by atoms with Crippen molar-refractivity contribution in [2.45, 2.75) is 26.8 Å². The SMILES string of the molecule is C=CC[n+]1cc(CC)ccc1C. The Balaban J connectivity index is 2.99. The third-order valence-electron chi connectivity index (χ3n) is 2.05. The first-order valence-corrected chi connectivity index (χ1v) is 4.37. The zero-order valence-electron chi connectivity index (χ0n) is 7.88. The largest absolute Gasteiger partial charge is 0.199 e. The Morgan fingerprint density at radius 2 is 2.25 bits per heavy atom. The van der Waals surface area contributed by atoms with Gasteiger partial charge in [0.05, 0.1) is 0 Å². The lowest BCUT2D eigenvalue weighted by molar-refractivity contribution is -0.693. The molecule has 0 spiro atoms. The molecule has 0 aromatic carbocycles. The minimum atomic E-state index is 0.902. The highest BCUT2D eigenvalue weighted by Crippen LogP contribution is 1.98. The van der Waals surface area contributed by atoms with E-state index in [1.807, 2.05) is 6.08 Å². The monoisotopic (exact) mass is 162 g/mol. The molecule has 1 rings (SSSR count). The smallest absolute Gasteiger partial charge is 0.178 e. The highest BCUT2D eigenvalue weighted by Gasteiger charge is 2.03. The Morgan fingerprint density at radius 3 is 2.83 bits per heavy atom. The van der Waals surface area contributed by atoms with E-state index in [1.165, 1.54) is 11.3 Å². The fourth-order valence-electron chi connectivity index (χ4n) is 1.21. The highest BCUT2D eigenvalue weighted by atomic mass is 14.9. The van der Waals surface area contributed by atoms with E-state index in [2.05, 4.69) is 43.3 Å². The van der Waals surface area contributed by atoms with Crippen LogP contribution in [-0.4, -0.2) is 0 Å². The molecule has 1 nitrogen and oxygen atoms in total. The van der Waals surface area contributed by atoms with E-state index in [-0.39, 0.29) is 0 Å². The van der Waals surface area contributed by atoms with Gasteiger partial charge in [-0.1, -0.05) is 13.5 Å². The lowest BCUT2D eigenvalue weighted by Crippen LogP contribution is -2.36. The molecule has 1 heterocycles. The Morgan fingerprint density at radius 1 is 1.50 bits per heavy atom. The van der Waals surface area contributed by atoms with Crippen molar-refractivity contribution in [1.29, 1.82) is 0 Å². The van der Waals surface area contributed by atoms with Crippen molar-refractivity contribution in [2.75, 3.05) is 0 Å². The van der Waals surface area contributed by atoms with Crippen molar-refractivity contribution in [3.8, 4) is 0 Å². The Kier molecular flexibility index (Phi) is 3.03. The molecule has 0 radical (unpaired) electrons. The molecule has 12 heavy (non-hydrogen) atoms. The predicted octanol–water partition coefficient (Wildman–Crippen LogP) is 2.03. The van der Waals surface area contributed by atoms with Crippen molar-refractivity contribution in [3.63, 3.8) is 0 Å². The van der Waals surface area contributed by atoms with Crippen molar-refractivity contribution in [3.05, 3.63) is 42.2 Å². The molecule has 0 atom stereocenters. The second-order valence-electron chi connectivity index (χ2n) is 2.97. The maximum atomic E-state index is 3.73. The van der Waals surface area contributed by atoms with E-state index in [4.69, 9.17) is 0 Å². The molecule has 0 aliphatic rings. The third-order valence-corrected chi connectivity index (χ3v) is 2.05. The van der Waals surface area contributed by atoms with Crippen LogP contribution in [0.5, 0.6) is 0 Å². The van der Waals surface area contributed by atoms with Gasteiger partial charge in [0.25, 0.3) is 0 Å². The summed E-state index contributed by atoms with van der Waals surface area (Å²) < 4.78 is 2.21. The molecule has 0 fully saturated rings. The molecule has 0 bridgehead atoms. The Bertz CT molecular complexity index is 276. The van der Waals surface area contributed by atoms with Gasteiger partial charge < -0.3 is 0 Å². The predicted molar refractivity (Wildman–Crippen MR) is 50.9 cm³/mol. The van der Waals surface area contributed by atoms with Crippen LogP contribution in [0.3, 0.4) is 0 Å². The molecule has 0 aliphatic carbocycles. The minimum Gasteiger partial charge on any atom is -0.199 e. The first-order valence-electron chi connectivity index (χ1n) is 4.37. The first kappa shape index (κ1) is 8.98. The average molecular weight is 162 g/mol. The maximum absolute atomic E-state index is 3.73. The Labute approximate surface area is 74.4 Å². The van der Waals surface area contributed by atoms with Crippen LogP contribution in [0.4, 0.5) is 0 Å². The molecule has 0 saturated heterocycles. The molecular weight excluding hydrogens is 146 g/mol. The lowest BCUT2D eigenvalue weighted by Gasteiger charge is -1.99. The van der Waals surface area contributed by atoms with Gasteiger partial charge in [-0.25, -0.2) is 0 Å². The quantitative estimate of drug-likeness (QED) is 0.473. The van der Waals surface area contributed by atoms with Crippen LogP contribution >= 0.6 is 0 Å². The summed E-state index contributed by atoms with van der Waals surface area (Å²) in [5, 5.41) is 0. The van der Waals surface area contributed by atoms with Crippen LogP contribution in [0.2, 0.25) is 0 Å². The van der Waals surface area contributed by atoms with Gasteiger partial charge in [0.2, 0.25) is 0 Å². The molecule has 0 unspecified atom stereocenters. The first-order chi connectivity index (χ1) is 5.77. The van der Waals surface area contributed by atoms with Gasteiger partial charge in [-0.15, -0.1) is 0 Å². The Hall–Kier alpha value is -1.11. The molecule has 0 aliphatic heterocycles. The van der Waals surface area contributed by atoms with Crippen molar-refractivity contribution in [1.82, 2.24) is 0 Å². The van der Waals surface area contributed by atoms with Crippen LogP contribution < -0.4 is 4.57 Å². The summed E-state index contributed by atoms with van der Waals surface area (Å²) in [5.74, 6) is 0. The van der Waals surface area contributed by atoms with Gasteiger partial charge in [0.1, 0.15) is 0 Å². The normalized spacial score (nSPS) is 9.83. The zero-order valence-corrected chi connectivity index (χ0v) is 7.88. The summed E-state index contributed by atoms with van der Waals surface area (Å²) in [7, 11) is 0. The van der Waals surface area contributed by atoms with Crippen molar-refractivity contribution in [2.24, 2.45) is 0 Å². The molecule has 64 valence electrons. The second kappa shape index (κ2) is 4.05. The molecule has 0 N–H and O–H groups in total. The number of aryl methyl sites for hydroxylation is 2. The van der Waals surface area contributed by atoms with E-state index in [9.17, 15) is 0 Å². The van der Waals surface area contributed by atoms with Crippen molar-refractivity contribution < 1.29 is 4.57 Å². The van der Waals surface area contributed by atoms with Gasteiger partial charge in [0, 0.05) is 18.6 Å². The standard InChI is InChI=1S/C11H16N/c1-4-8-12-9-11(5-2)7-6-10(12)3/h4,6-7,9H,1,5,8H2,2-3H3/q+1. The lowest BCUT2D eigenvalue weighted by atomic mass is 10.2. The van der Waals surface area contributed by atoms with Crippen LogP contribution in [0.15, 0.2) is 31.0 Å². The topological polar surface area (TPSA) is 3.88 Å². The number of nitrogens with zero attached hydrogens (tertiary/aromatic N) is 1. The maximum Gasteiger partial charge on any atom is 0.178 e.